The number of rotatable bonds is 2. The highest BCUT2D eigenvalue weighted by Crippen LogP contribution is 2.17. The molecule has 1 aromatic rings. The van der Waals surface area contributed by atoms with E-state index in [1.807, 2.05) is 12.1 Å². The molecule has 80 valence electrons. The van der Waals surface area contributed by atoms with E-state index in [-0.39, 0.29) is 17.7 Å². The lowest BCUT2D eigenvalue weighted by Gasteiger charge is -2.23. The van der Waals surface area contributed by atoms with E-state index >= 15 is 0 Å². The van der Waals surface area contributed by atoms with E-state index in [2.05, 4.69) is 10.6 Å². The van der Waals surface area contributed by atoms with Crippen LogP contribution in [0.3, 0.4) is 0 Å². The normalized spacial score (nSPS) is 21.1. The van der Waals surface area contributed by atoms with Gasteiger partial charge >= 0.3 is 0 Å². The average Bonchev–Trinajstić information content (AvgIpc) is 2.24. The number of hydrogen-bond donors (Lipinski definition) is 3. The van der Waals surface area contributed by atoms with Gasteiger partial charge in [0.25, 0.3) is 0 Å². The molecule has 1 fully saturated rings. The molecule has 1 atom stereocenters. The smallest absolute Gasteiger partial charge is 0.237 e. The van der Waals surface area contributed by atoms with Gasteiger partial charge in [0.05, 0.1) is 6.04 Å². The first-order chi connectivity index (χ1) is 7.27. The van der Waals surface area contributed by atoms with Crippen LogP contribution >= 0.6 is 0 Å². The van der Waals surface area contributed by atoms with Crippen molar-refractivity contribution in [2.24, 2.45) is 0 Å². The number of phenolic OH excluding ortho intramolecular Hbond substituents is 1. The van der Waals surface area contributed by atoms with Gasteiger partial charge in [-0.15, -0.1) is 0 Å². The van der Waals surface area contributed by atoms with E-state index in [1.54, 1.807) is 12.1 Å². The second-order valence-electron chi connectivity index (χ2n) is 3.63. The monoisotopic (exact) mass is 206 g/mol. The van der Waals surface area contributed by atoms with Crippen molar-refractivity contribution >= 4 is 5.91 Å². The fraction of sp³-hybridized carbons (Fsp3) is 0.364. The van der Waals surface area contributed by atoms with Gasteiger partial charge in [-0.3, -0.25) is 4.79 Å². The molecule has 3 N–H and O–H groups in total. The van der Waals surface area contributed by atoms with Crippen molar-refractivity contribution in [3.05, 3.63) is 29.8 Å². The topological polar surface area (TPSA) is 61.4 Å². The molecule has 0 spiro atoms. The highest BCUT2D eigenvalue weighted by atomic mass is 16.3. The van der Waals surface area contributed by atoms with Crippen molar-refractivity contribution in [1.82, 2.24) is 10.6 Å². The first-order valence-electron chi connectivity index (χ1n) is 5.05. The summed E-state index contributed by atoms with van der Waals surface area (Å²) in [6, 6.07) is 6.87. The van der Waals surface area contributed by atoms with Gasteiger partial charge in [0.15, 0.2) is 0 Å². The number of benzene rings is 1. The van der Waals surface area contributed by atoms with Gasteiger partial charge in [0.1, 0.15) is 5.75 Å². The fourth-order valence-corrected chi connectivity index (χ4v) is 1.72. The third kappa shape index (κ3) is 2.27. The number of nitrogens with one attached hydrogen (secondary N) is 2. The Morgan fingerprint density at radius 2 is 2.13 bits per heavy atom. The Morgan fingerprint density at radius 1 is 1.33 bits per heavy atom. The molecular weight excluding hydrogens is 192 g/mol. The van der Waals surface area contributed by atoms with Crippen molar-refractivity contribution < 1.29 is 9.90 Å². The first-order valence-corrected chi connectivity index (χ1v) is 5.05. The Hall–Kier alpha value is -1.55. The van der Waals surface area contributed by atoms with Gasteiger partial charge in [0, 0.05) is 19.5 Å². The summed E-state index contributed by atoms with van der Waals surface area (Å²) in [6.45, 7) is 1.46. The molecule has 0 bridgehead atoms. The van der Waals surface area contributed by atoms with Gasteiger partial charge in [-0.2, -0.15) is 0 Å². The fourth-order valence-electron chi connectivity index (χ4n) is 1.72. The SMILES string of the molecule is O=C1NCCNC1Cc1ccccc1O. The standard InChI is InChI=1S/C11H14N2O2/c14-10-4-2-1-3-8(10)7-9-11(15)13-6-5-12-9/h1-4,9,12,14H,5-7H2,(H,13,15). The van der Waals surface area contributed by atoms with Crippen LogP contribution in [-0.2, 0) is 11.2 Å². The van der Waals surface area contributed by atoms with E-state index in [0.29, 0.717) is 13.0 Å². The number of para-hydroxylation sites is 1. The molecule has 0 aromatic heterocycles. The van der Waals surface area contributed by atoms with Crippen LogP contribution in [0.1, 0.15) is 5.56 Å². The van der Waals surface area contributed by atoms with Gasteiger partial charge in [-0.1, -0.05) is 18.2 Å². The summed E-state index contributed by atoms with van der Waals surface area (Å²) >= 11 is 0. The molecule has 0 aliphatic carbocycles. The predicted molar refractivity (Wildman–Crippen MR) is 56.6 cm³/mol. The summed E-state index contributed by atoms with van der Waals surface area (Å²) in [4.78, 5) is 11.5. The number of piperazine rings is 1. The number of amides is 1. The molecule has 1 unspecified atom stereocenters. The molecule has 2 rings (SSSR count). The number of carbonyl (C=O) groups is 1. The lowest BCUT2D eigenvalue weighted by atomic mass is 10.0. The Kier molecular flexibility index (Phi) is 2.87. The predicted octanol–water partition coefficient (Wildman–Crippen LogP) is 0.0227. The largest absolute Gasteiger partial charge is 0.508 e. The van der Waals surface area contributed by atoms with Crippen LogP contribution in [0.2, 0.25) is 0 Å². The van der Waals surface area contributed by atoms with Crippen LogP contribution in [0.4, 0.5) is 0 Å². The molecule has 1 aliphatic rings. The van der Waals surface area contributed by atoms with Crippen LogP contribution in [0.5, 0.6) is 5.75 Å². The van der Waals surface area contributed by atoms with Crippen molar-refractivity contribution in [2.75, 3.05) is 13.1 Å². The lowest BCUT2D eigenvalue weighted by Crippen LogP contribution is -2.53. The molecule has 0 saturated carbocycles. The highest BCUT2D eigenvalue weighted by molar-refractivity contribution is 5.82. The first kappa shape index (κ1) is 9.98. The minimum absolute atomic E-state index is 0.00417. The summed E-state index contributed by atoms with van der Waals surface area (Å²) in [6.07, 6.45) is 0.526. The maximum absolute atomic E-state index is 11.5. The van der Waals surface area contributed by atoms with Crippen LogP contribution in [-0.4, -0.2) is 30.1 Å². The second kappa shape index (κ2) is 4.31. The van der Waals surface area contributed by atoms with Crippen molar-refractivity contribution in [3.8, 4) is 5.75 Å². The Balaban J connectivity index is 2.08. The van der Waals surface area contributed by atoms with Crippen molar-refractivity contribution in [3.63, 3.8) is 0 Å². The van der Waals surface area contributed by atoms with Crippen LogP contribution in [0, 0.1) is 0 Å². The third-order valence-corrected chi connectivity index (χ3v) is 2.55. The van der Waals surface area contributed by atoms with Crippen molar-refractivity contribution in [1.29, 1.82) is 0 Å². The van der Waals surface area contributed by atoms with Crippen LogP contribution in [0.15, 0.2) is 24.3 Å². The Labute approximate surface area is 88.3 Å². The number of hydrogen-bond acceptors (Lipinski definition) is 3. The van der Waals surface area contributed by atoms with E-state index < -0.39 is 0 Å². The van der Waals surface area contributed by atoms with Crippen molar-refractivity contribution in [2.45, 2.75) is 12.5 Å². The maximum atomic E-state index is 11.5. The molecule has 1 aromatic carbocycles. The lowest BCUT2D eigenvalue weighted by molar-refractivity contribution is -0.124. The average molecular weight is 206 g/mol. The minimum Gasteiger partial charge on any atom is -0.508 e. The number of carbonyl (C=O) groups excluding carboxylic acids is 1. The van der Waals surface area contributed by atoms with Gasteiger partial charge in [0.2, 0.25) is 5.91 Å². The van der Waals surface area contributed by atoms with E-state index in [4.69, 9.17) is 0 Å². The molecule has 1 aliphatic heterocycles. The molecule has 4 nitrogen and oxygen atoms in total. The quantitative estimate of drug-likeness (QED) is 0.639. The van der Waals surface area contributed by atoms with E-state index in [0.717, 1.165) is 12.1 Å². The number of phenols is 1. The molecular formula is C11H14N2O2. The van der Waals surface area contributed by atoms with Crippen LogP contribution in [0.25, 0.3) is 0 Å². The van der Waals surface area contributed by atoms with Gasteiger partial charge < -0.3 is 15.7 Å². The zero-order valence-electron chi connectivity index (χ0n) is 8.36. The summed E-state index contributed by atoms with van der Waals surface area (Å²) in [5, 5.41) is 15.5. The third-order valence-electron chi connectivity index (χ3n) is 2.55. The number of aromatic hydroxyl groups is 1. The maximum Gasteiger partial charge on any atom is 0.237 e. The molecule has 1 heterocycles. The summed E-state index contributed by atoms with van der Waals surface area (Å²) in [7, 11) is 0. The van der Waals surface area contributed by atoms with Gasteiger partial charge in [-0.05, 0) is 11.6 Å². The molecule has 1 amide bonds. The molecule has 15 heavy (non-hydrogen) atoms. The summed E-state index contributed by atoms with van der Waals surface area (Å²) in [5.41, 5.74) is 0.798. The minimum atomic E-state index is -0.230. The zero-order chi connectivity index (χ0) is 10.7. The van der Waals surface area contributed by atoms with E-state index in [1.165, 1.54) is 0 Å². The Morgan fingerprint density at radius 3 is 2.87 bits per heavy atom. The summed E-state index contributed by atoms with van der Waals surface area (Å²) in [5.74, 6) is 0.252. The molecule has 1 saturated heterocycles. The van der Waals surface area contributed by atoms with Crippen LogP contribution < -0.4 is 10.6 Å². The zero-order valence-corrected chi connectivity index (χ0v) is 8.36. The summed E-state index contributed by atoms with van der Waals surface area (Å²) < 4.78 is 0. The highest BCUT2D eigenvalue weighted by Gasteiger charge is 2.22. The second-order valence-corrected chi connectivity index (χ2v) is 3.63. The molecule has 4 heteroatoms. The molecule has 0 radical (unpaired) electrons. The van der Waals surface area contributed by atoms with Gasteiger partial charge in [-0.25, -0.2) is 0 Å². The Bertz CT molecular complexity index is 365. The van der Waals surface area contributed by atoms with E-state index in [9.17, 15) is 9.90 Å².